The van der Waals surface area contributed by atoms with E-state index in [1.165, 1.54) is 0 Å². The van der Waals surface area contributed by atoms with Crippen LogP contribution < -0.4 is 0 Å². The van der Waals surface area contributed by atoms with Crippen molar-refractivity contribution >= 4 is 5.78 Å². The Balaban J connectivity index is 1.68. The average molecular weight is 306 g/mol. The van der Waals surface area contributed by atoms with Crippen LogP contribution in [0.1, 0.15) is 65.2 Å². The summed E-state index contributed by atoms with van der Waals surface area (Å²) in [5, 5.41) is 20.8. The Labute approximate surface area is 133 Å². The molecule has 0 spiro atoms. The van der Waals surface area contributed by atoms with Gasteiger partial charge in [-0.3, -0.25) is 4.79 Å². The van der Waals surface area contributed by atoms with Crippen LogP contribution in [-0.4, -0.2) is 28.2 Å². The summed E-state index contributed by atoms with van der Waals surface area (Å²) in [5.74, 6) is 2.35. The van der Waals surface area contributed by atoms with E-state index >= 15 is 0 Å². The van der Waals surface area contributed by atoms with E-state index in [-0.39, 0.29) is 29.0 Å². The molecule has 0 amide bonds. The van der Waals surface area contributed by atoms with Gasteiger partial charge in [0.25, 0.3) is 0 Å². The maximum atomic E-state index is 12.4. The van der Waals surface area contributed by atoms with Crippen molar-refractivity contribution in [1.29, 1.82) is 0 Å². The molecule has 2 N–H and O–H groups in total. The number of carbonyl (C=O) groups excluding carboxylic acids is 1. The maximum Gasteiger partial charge on any atom is 0.139 e. The lowest BCUT2D eigenvalue weighted by Gasteiger charge is -2.61. The molecular formula is C19H30O3. The molecule has 0 unspecified atom stereocenters. The largest absolute Gasteiger partial charge is 0.393 e. The Kier molecular flexibility index (Phi) is 3.30. The number of fused-ring (bicyclic) bond motifs is 5. The van der Waals surface area contributed by atoms with Crippen molar-refractivity contribution in [3.05, 3.63) is 0 Å². The van der Waals surface area contributed by atoms with Crippen molar-refractivity contribution in [1.82, 2.24) is 0 Å². The van der Waals surface area contributed by atoms with E-state index in [2.05, 4.69) is 13.8 Å². The SMILES string of the molecule is C[C@]12CC[C@@H](O)C[C@@H]1[C@@H](O)C[C@@H]1[C@@H]2CC[C@]2(C)C(=O)CC[C@@H]12. The summed E-state index contributed by atoms with van der Waals surface area (Å²) in [5.41, 5.74) is 0.0484. The highest BCUT2D eigenvalue weighted by molar-refractivity contribution is 5.87. The topological polar surface area (TPSA) is 57.5 Å². The fourth-order valence-electron chi connectivity index (χ4n) is 7.05. The zero-order valence-electron chi connectivity index (χ0n) is 13.9. The van der Waals surface area contributed by atoms with Crippen LogP contribution in [0.15, 0.2) is 0 Å². The summed E-state index contributed by atoms with van der Waals surface area (Å²) < 4.78 is 0. The van der Waals surface area contributed by atoms with Crippen LogP contribution in [0.5, 0.6) is 0 Å². The predicted octanol–water partition coefficient (Wildman–Crippen LogP) is 2.93. The van der Waals surface area contributed by atoms with Crippen molar-refractivity contribution in [2.24, 2.45) is 34.5 Å². The number of Topliss-reactive ketones (excluding diaryl/α,β-unsaturated/α-hetero) is 1. The first kappa shape index (κ1) is 15.1. The van der Waals surface area contributed by atoms with Gasteiger partial charge in [0.2, 0.25) is 0 Å². The van der Waals surface area contributed by atoms with Gasteiger partial charge in [0.1, 0.15) is 5.78 Å². The molecule has 4 fully saturated rings. The van der Waals surface area contributed by atoms with Crippen LogP contribution in [0.3, 0.4) is 0 Å². The fourth-order valence-corrected chi connectivity index (χ4v) is 7.05. The molecule has 0 aliphatic heterocycles. The zero-order chi connectivity index (χ0) is 15.7. The molecule has 0 aromatic heterocycles. The summed E-state index contributed by atoms with van der Waals surface area (Å²) in [7, 11) is 0. The van der Waals surface area contributed by atoms with Gasteiger partial charge in [0.05, 0.1) is 12.2 Å². The standard InChI is InChI=1S/C19H30O3/c1-18-7-5-11(20)9-15(18)16(21)10-12-13-3-4-17(22)19(13,2)8-6-14(12)18/h11-16,20-21H,3-10H2,1-2H3/t11-,12+,13+,14+,15-,16+,18-,19+/m1/s1. The quantitative estimate of drug-likeness (QED) is 0.723. The van der Waals surface area contributed by atoms with Gasteiger partial charge in [-0.05, 0) is 74.0 Å². The summed E-state index contributed by atoms with van der Waals surface area (Å²) in [4.78, 5) is 12.4. The minimum Gasteiger partial charge on any atom is -0.393 e. The number of carbonyl (C=O) groups is 1. The molecule has 0 bridgehead atoms. The monoisotopic (exact) mass is 306 g/mol. The molecule has 0 aromatic carbocycles. The number of aliphatic hydroxyl groups is 2. The first-order chi connectivity index (χ1) is 10.4. The molecule has 124 valence electrons. The van der Waals surface area contributed by atoms with E-state index in [9.17, 15) is 15.0 Å². The number of aliphatic hydroxyl groups excluding tert-OH is 2. The molecule has 4 rings (SSSR count). The van der Waals surface area contributed by atoms with Crippen molar-refractivity contribution in [3.8, 4) is 0 Å². The molecular weight excluding hydrogens is 276 g/mol. The molecule has 4 aliphatic carbocycles. The van der Waals surface area contributed by atoms with E-state index in [4.69, 9.17) is 0 Å². The molecule has 4 saturated carbocycles. The van der Waals surface area contributed by atoms with E-state index in [1.54, 1.807) is 0 Å². The van der Waals surface area contributed by atoms with Gasteiger partial charge in [0.15, 0.2) is 0 Å². The highest BCUT2D eigenvalue weighted by Gasteiger charge is 2.61. The van der Waals surface area contributed by atoms with E-state index in [1.807, 2.05) is 0 Å². The zero-order valence-corrected chi connectivity index (χ0v) is 13.9. The second kappa shape index (κ2) is 4.80. The Morgan fingerprint density at radius 3 is 2.50 bits per heavy atom. The number of hydrogen-bond donors (Lipinski definition) is 2. The third-order valence-corrected chi connectivity index (χ3v) is 8.36. The van der Waals surface area contributed by atoms with Crippen LogP contribution in [0.25, 0.3) is 0 Å². The van der Waals surface area contributed by atoms with Gasteiger partial charge in [-0.1, -0.05) is 13.8 Å². The van der Waals surface area contributed by atoms with Gasteiger partial charge in [0, 0.05) is 11.8 Å². The minimum atomic E-state index is -0.292. The Morgan fingerprint density at radius 2 is 1.73 bits per heavy atom. The van der Waals surface area contributed by atoms with E-state index in [0.29, 0.717) is 23.5 Å². The van der Waals surface area contributed by atoms with Gasteiger partial charge >= 0.3 is 0 Å². The lowest BCUT2D eigenvalue weighted by molar-refractivity contribution is -0.170. The van der Waals surface area contributed by atoms with Crippen molar-refractivity contribution in [2.45, 2.75) is 77.4 Å². The third kappa shape index (κ3) is 1.84. The van der Waals surface area contributed by atoms with Crippen LogP contribution >= 0.6 is 0 Å². The summed E-state index contributed by atoms with van der Waals surface area (Å²) in [6.45, 7) is 4.55. The molecule has 0 heterocycles. The van der Waals surface area contributed by atoms with Gasteiger partial charge in [-0.2, -0.15) is 0 Å². The lowest BCUT2D eigenvalue weighted by atomic mass is 9.44. The highest BCUT2D eigenvalue weighted by atomic mass is 16.3. The molecule has 8 atom stereocenters. The minimum absolute atomic E-state index is 0.113. The molecule has 22 heavy (non-hydrogen) atoms. The molecule has 0 aromatic rings. The normalized spacial score (nSPS) is 57.9. The smallest absolute Gasteiger partial charge is 0.139 e. The first-order valence-corrected chi connectivity index (χ1v) is 9.25. The van der Waals surface area contributed by atoms with E-state index in [0.717, 1.165) is 51.4 Å². The fraction of sp³-hybridized carbons (Fsp3) is 0.947. The van der Waals surface area contributed by atoms with E-state index < -0.39 is 0 Å². The third-order valence-electron chi connectivity index (χ3n) is 8.36. The van der Waals surface area contributed by atoms with Crippen LogP contribution in [-0.2, 0) is 4.79 Å². The predicted molar refractivity (Wildman–Crippen MR) is 84.1 cm³/mol. The van der Waals surface area contributed by atoms with Crippen LogP contribution in [0.4, 0.5) is 0 Å². The highest BCUT2D eigenvalue weighted by Crippen LogP contribution is 2.65. The molecule has 3 heteroatoms. The Bertz CT molecular complexity index is 489. The lowest BCUT2D eigenvalue weighted by Crippen LogP contribution is -2.58. The van der Waals surface area contributed by atoms with Crippen LogP contribution in [0, 0.1) is 34.5 Å². The molecule has 3 nitrogen and oxygen atoms in total. The summed E-state index contributed by atoms with van der Waals surface area (Å²) in [6.07, 6.45) is 6.97. The van der Waals surface area contributed by atoms with Crippen molar-refractivity contribution < 1.29 is 15.0 Å². The van der Waals surface area contributed by atoms with Gasteiger partial charge in [-0.25, -0.2) is 0 Å². The van der Waals surface area contributed by atoms with Crippen molar-refractivity contribution in [2.75, 3.05) is 0 Å². The van der Waals surface area contributed by atoms with Crippen molar-refractivity contribution in [3.63, 3.8) is 0 Å². The molecule has 4 aliphatic rings. The van der Waals surface area contributed by atoms with Crippen LogP contribution in [0.2, 0.25) is 0 Å². The molecule has 0 saturated heterocycles. The Morgan fingerprint density at radius 1 is 0.955 bits per heavy atom. The van der Waals surface area contributed by atoms with Gasteiger partial charge < -0.3 is 10.2 Å². The average Bonchev–Trinajstić information content (AvgIpc) is 2.77. The number of hydrogen-bond acceptors (Lipinski definition) is 3. The maximum absolute atomic E-state index is 12.4. The summed E-state index contributed by atoms with van der Waals surface area (Å²) in [6, 6.07) is 0. The summed E-state index contributed by atoms with van der Waals surface area (Å²) >= 11 is 0. The molecule has 0 radical (unpaired) electrons. The Hall–Kier alpha value is -0.410. The van der Waals surface area contributed by atoms with Gasteiger partial charge in [-0.15, -0.1) is 0 Å². The second-order valence-electron chi connectivity index (χ2n) is 9.14. The second-order valence-corrected chi connectivity index (χ2v) is 9.14. The first-order valence-electron chi connectivity index (χ1n) is 9.25. The number of ketones is 1. The number of rotatable bonds is 0.